The zero-order valence-corrected chi connectivity index (χ0v) is 14.7. The molecule has 1 saturated heterocycles. The maximum absolute atomic E-state index is 12.4. The number of carbonyl (C=O) groups excluding carboxylic acids is 2. The maximum atomic E-state index is 12.4. The molecule has 1 aromatic heterocycles. The maximum Gasteiger partial charge on any atom is 0.255 e. The van der Waals surface area contributed by atoms with Gasteiger partial charge in [0, 0.05) is 44.5 Å². The Labute approximate surface area is 144 Å². The molecule has 132 valence electrons. The monoisotopic (exact) mass is 332 g/mol. The van der Waals surface area contributed by atoms with Crippen LogP contribution in [-0.4, -0.2) is 65.9 Å². The van der Waals surface area contributed by atoms with Crippen molar-refractivity contribution in [1.82, 2.24) is 20.1 Å². The Balaban J connectivity index is 1.74. The Bertz CT molecular complexity index is 523. The van der Waals surface area contributed by atoms with Crippen LogP contribution in [0.4, 0.5) is 0 Å². The van der Waals surface area contributed by atoms with Crippen molar-refractivity contribution >= 4 is 11.8 Å². The number of pyridine rings is 1. The van der Waals surface area contributed by atoms with E-state index in [0.717, 1.165) is 32.5 Å². The lowest BCUT2D eigenvalue weighted by atomic mass is 9.95. The SMILES string of the molecule is CCN(CC)CCNC(=O)C1CCN(C(=O)c2cccnc2)CC1. The molecule has 1 fully saturated rings. The summed E-state index contributed by atoms with van der Waals surface area (Å²) in [4.78, 5) is 32.7. The van der Waals surface area contributed by atoms with Crippen molar-refractivity contribution in [1.29, 1.82) is 0 Å². The number of piperidine rings is 1. The minimum atomic E-state index is 0.00323. The molecule has 0 spiro atoms. The molecule has 1 aliphatic heterocycles. The molecule has 1 aromatic rings. The van der Waals surface area contributed by atoms with Gasteiger partial charge in [0.05, 0.1) is 5.56 Å². The average Bonchev–Trinajstić information content (AvgIpc) is 2.65. The third-order valence-electron chi connectivity index (χ3n) is 4.68. The van der Waals surface area contributed by atoms with Crippen LogP contribution in [0.5, 0.6) is 0 Å². The Morgan fingerprint density at radius 3 is 2.58 bits per heavy atom. The summed E-state index contributed by atoms with van der Waals surface area (Å²) in [7, 11) is 0. The number of rotatable bonds is 7. The van der Waals surface area contributed by atoms with Crippen molar-refractivity contribution in [3.05, 3.63) is 30.1 Å². The first-order valence-corrected chi connectivity index (χ1v) is 8.85. The first-order chi connectivity index (χ1) is 11.7. The summed E-state index contributed by atoms with van der Waals surface area (Å²) >= 11 is 0. The van der Waals surface area contributed by atoms with Crippen LogP contribution < -0.4 is 5.32 Å². The summed E-state index contributed by atoms with van der Waals surface area (Å²) < 4.78 is 0. The van der Waals surface area contributed by atoms with Gasteiger partial charge in [0.15, 0.2) is 0 Å². The van der Waals surface area contributed by atoms with Gasteiger partial charge in [-0.05, 0) is 38.1 Å². The van der Waals surface area contributed by atoms with E-state index in [1.54, 1.807) is 24.5 Å². The molecule has 0 aromatic carbocycles. The quantitative estimate of drug-likeness (QED) is 0.819. The number of likely N-dealkylation sites (N-methyl/N-ethyl adjacent to an activating group) is 1. The molecule has 0 aliphatic carbocycles. The van der Waals surface area contributed by atoms with Gasteiger partial charge < -0.3 is 15.1 Å². The third-order valence-corrected chi connectivity index (χ3v) is 4.68. The number of hydrogen-bond donors (Lipinski definition) is 1. The largest absolute Gasteiger partial charge is 0.355 e. The standard InChI is InChI=1S/C18H28N4O2/c1-3-21(4-2)13-10-20-17(23)15-7-11-22(12-8-15)18(24)16-6-5-9-19-14-16/h5-6,9,14-15H,3-4,7-8,10-13H2,1-2H3,(H,20,23). The minimum Gasteiger partial charge on any atom is -0.355 e. The van der Waals surface area contributed by atoms with Gasteiger partial charge in [-0.15, -0.1) is 0 Å². The second-order valence-electron chi connectivity index (χ2n) is 6.13. The normalized spacial score (nSPS) is 15.5. The van der Waals surface area contributed by atoms with Crippen LogP contribution in [-0.2, 0) is 4.79 Å². The zero-order valence-electron chi connectivity index (χ0n) is 14.7. The van der Waals surface area contributed by atoms with E-state index in [-0.39, 0.29) is 17.7 Å². The van der Waals surface area contributed by atoms with Gasteiger partial charge in [0.1, 0.15) is 0 Å². The number of amides is 2. The molecule has 1 aliphatic rings. The van der Waals surface area contributed by atoms with Crippen molar-refractivity contribution in [2.45, 2.75) is 26.7 Å². The van der Waals surface area contributed by atoms with Crippen molar-refractivity contribution in [3.63, 3.8) is 0 Å². The molecule has 2 amide bonds. The molecule has 2 heterocycles. The third kappa shape index (κ3) is 5.03. The van der Waals surface area contributed by atoms with E-state index >= 15 is 0 Å². The molecule has 0 bridgehead atoms. The summed E-state index contributed by atoms with van der Waals surface area (Å²) in [6, 6.07) is 3.55. The zero-order chi connectivity index (χ0) is 17.4. The van der Waals surface area contributed by atoms with E-state index in [2.05, 4.69) is 29.0 Å². The number of nitrogens with one attached hydrogen (secondary N) is 1. The highest BCUT2D eigenvalue weighted by Crippen LogP contribution is 2.19. The number of nitrogens with zero attached hydrogens (tertiary/aromatic N) is 3. The summed E-state index contributed by atoms with van der Waals surface area (Å²) in [6.45, 7) is 9.08. The van der Waals surface area contributed by atoms with Crippen LogP contribution in [0.15, 0.2) is 24.5 Å². The highest BCUT2D eigenvalue weighted by atomic mass is 16.2. The van der Waals surface area contributed by atoms with E-state index in [1.165, 1.54) is 0 Å². The van der Waals surface area contributed by atoms with Crippen LogP contribution in [0.25, 0.3) is 0 Å². The summed E-state index contributed by atoms with van der Waals surface area (Å²) in [5, 5.41) is 3.03. The fourth-order valence-electron chi connectivity index (χ4n) is 3.04. The lowest BCUT2D eigenvalue weighted by Gasteiger charge is -2.31. The van der Waals surface area contributed by atoms with Crippen LogP contribution in [0.1, 0.15) is 37.0 Å². The Morgan fingerprint density at radius 2 is 2.00 bits per heavy atom. The molecule has 0 unspecified atom stereocenters. The van der Waals surface area contributed by atoms with Crippen molar-refractivity contribution in [2.24, 2.45) is 5.92 Å². The van der Waals surface area contributed by atoms with Gasteiger partial charge in [0.25, 0.3) is 5.91 Å². The van der Waals surface area contributed by atoms with Gasteiger partial charge in [-0.2, -0.15) is 0 Å². The van der Waals surface area contributed by atoms with Gasteiger partial charge in [-0.25, -0.2) is 0 Å². The van der Waals surface area contributed by atoms with Gasteiger partial charge in [-0.1, -0.05) is 13.8 Å². The van der Waals surface area contributed by atoms with Crippen molar-refractivity contribution in [2.75, 3.05) is 39.3 Å². The summed E-state index contributed by atoms with van der Waals surface area (Å²) in [6.07, 6.45) is 4.70. The Hall–Kier alpha value is -1.95. The summed E-state index contributed by atoms with van der Waals surface area (Å²) in [5.41, 5.74) is 0.611. The van der Waals surface area contributed by atoms with Gasteiger partial charge in [0.2, 0.25) is 5.91 Å². The van der Waals surface area contributed by atoms with Crippen LogP contribution in [0, 0.1) is 5.92 Å². The number of aromatic nitrogens is 1. The molecule has 1 N–H and O–H groups in total. The van der Waals surface area contributed by atoms with E-state index in [1.807, 2.05) is 4.90 Å². The van der Waals surface area contributed by atoms with Crippen molar-refractivity contribution in [3.8, 4) is 0 Å². The van der Waals surface area contributed by atoms with Gasteiger partial charge >= 0.3 is 0 Å². The average molecular weight is 332 g/mol. The lowest BCUT2D eigenvalue weighted by Crippen LogP contribution is -2.44. The Morgan fingerprint density at radius 1 is 1.29 bits per heavy atom. The predicted molar refractivity (Wildman–Crippen MR) is 93.7 cm³/mol. The lowest BCUT2D eigenvalue weighted by molar-refractivity contribution is -0.126. The molecule has 0 saturated carbocycles. The first-order valence-electron chi connectivity index (χ1n) is 8.85. The molecule has 0 atom stereocenters. The van der Waals surface area contributed by atoms with Crippen LogP contribution in [0.3, 0.4) is 0 Å². The molecule has 2 rings (SSSR count). The minimum absolute atomic E-state index is 0.00323. The number of carbonyl (C=O) groups is 2. The van der Waals surface area contributed by atoms with E-state index in [9.17, 15) is 9.59 Å². The smallest absolute Gasteiger partial charge is 0.255 e. The van der Waals surface area contributed by atoms with E-state index in [4.69, 9.17) is 0 Å². The molecule has 6 nitrogen and oxygen atoms in total. The number of likely N-dealkylation sites (tertiary alicyclic amines) is 1. The van der Waals surface area contributed by atoms with Gasteiger partial charge in [-0.3, -0.25) is 14.6 Å². The van der Waals surface area contributed by atoms with E-state index < -0.39 is 0 Å². The topological polar surface area (TPSA) is 65.5 Å². The highest BCUT2D eigenvalue weighted by molar-refractivity contribution is 5.94. The first kappa shape index (κ1) is 18.4. The van der Waals surface area contributed by atoms with Crippen LogP contribution >= 0.6 is 0 Å². The fourth-order valence-corrected chi connectivity index (χ4v) is 3.04. The molecule has 24 heavy (non-hydrogen) atoms. The molecule has 0 radical (unpaired) electrons. The second-order valence-corrected chi connectivity index (χ2v) is 6.13. The molecular formula is C18H28N4O2. The fraction of sp³-hybridized carbons (Fsp3) is 0.611. The van der Waals surface area contributed by atoms with Crippen molar-refractivity contribution < 1.29 is 9.59 Å². The van der Waals surface area contributed by atoms with Crippen LogP contribution in [0.2, 0.25) is 0 Å². The Kier molecular flexibility index (Phi) is 7.18. The molecular weight excluding hydrogens is 304 g/mol. The summed E-state index contributed by atoms with van der Waals surface area (Å²) in [5.74, 6) is 0.138. The highest BCUT2D eigenvalue weighted by Gasteiger charge is 2.27. The predicted octanol–water partition coefficient (Wildman–Crippen LogP) is 1.39. The second kappa shape index (κ2) is 9.37. The van der Waals surface area contributed by atoms with E-state index in [0.29, 0.717) is 25.2 Å². The number of hydrogen-bond acceptors (Lipinski definition) is 4. The molecule has 6 heteroatoms.